The Morgan fingerprint density at radius 1 is 1.27 bits per heavy atom. The van der Waals surface area contributed by atoms with Gasteiger partial charge in [-0.1, -0.05) is 36.4 Å². The molecule has 140 valence electrons. The minimum absolute atomic E-state index is 0. The predicted octanol–water partition coefficient (Wildman–Crippen LogP) is 3.31. The SMILES string of the molecule is Cc1ccc(NC(=O)CC2COCCN2)c(OCc2ccccc2)c1.Cl. The van der Waals surface area contributed by atoms with E-state index in [0.29, 0.717) is 37.7 Å². The van der Waals surface area contributed by atoms with Crippen molar-refractivity contribution in [3.8, 4) is 5.75 Å². The molecule has 0 bridgehead atoms. The highest BCUT2D eigenvalue weighted by Crippen LogP contribution is 2.27. The molecular weight excluding hydrogens is 352 g/mol. The van der Waals surface area contributed by atoms with Crippen molar-refractivity contribution in [2.45, 2.75) is 26.0 Å². The monoisotopic (exact) mass is 376 g/mol. The molecule has 1 aliphatic rings. The number of anilines is 1. The first-order valence-corrected chi connectivity index (χ1v) is 8.59. The van der Waals surface area contributed by atoms with Crippen LogP contribution >= 0.6 is 12.4 Å². The Morgan fingerprint density at radius 2 is 2.08 bits per heavy atom. The topological polar surface area (TPSA) is 59.6 Å². The molecule has 1 heterocycles. The molecule has 0 radical (unpaired) electrons. The molecule has 2 aromatic rings. The van der Waals surface area contributed by atoms with Crippen LogP contribution in [-0.2, 0) is 16.1 Å². The summed E-state index contributed by atoms with van der Waals surface area (Å²) in [4.78, 5) is 12.3. The van der Waals surface area contributed by atoms with Gasteiger partial charge in [-0.15, -0.1) is 12.4 Å². The molecule has 1 unspecified atom stereocenters. The summed E-state index contributed by atoms with van der Waals surface area (Å²) >= 11 is 0. The number of nitrogens with one attached hydrogen (secondary N) is 2. The Morgan fingerprint density at radius 3 is 2.81 bits per heavy atom. The second kappa shape index (κ2) is 10.2. The molecule has 26 heavy (non-hydrogen) atoms. The van der Waals surface area contributed by atoms with Gasteiger partial charge in [0, 0.05) is 19.0 Å². The lowest BCUT2D eigenvalue weighted by Crippen LogP contribution is -2.43. The van der Waals surface area contributed by atoms with Gasteiger partial charge >= 0.3 is 0 Å². The van der Waals surface area contributed by atoms with Crippen LogP contribution in [-0.4, -0.2) is 31.7 Å². The summed E-state index contributed by atoms with van der Waals surface area (Å²) in [5, 5.41) is 6.25. The van der Waals surface area contributed by atoms with E-state index in [1.54, 1.807) is 0 Å². The number of aryl methyl sites for hydroxylation is 1. The van der Waals surface area contributed by atoms with Crippen molar-refractivity contribution in [2.75, 3.05) is 25.1 Å². The molecule has 1 fully saturated rings. The van der Waals surface area contributed by atoms with Crippen molar-refractivity contribution in [3.05, 3.63) is 59.7 Å². The zero-order valence-electron chi connectivity index (χ0n) is 14.9. The fourth-order valence-corrected chi connectivity index (χ4v) is 2.76. The third-order valence-electron chi connectivity index (χ3n) is 4.08. The molecule has 2 aromatic carbocycles. The van der Waals surface area contributed by atoms with Gasteiger partial charge in [0.05, 0.1) is 18.9 Å². The lowest BCUT2D eigenvalue weighted by Gasteiger charge is -2.23. The molecule has 3 rings (SSSR count). The summed E-state index contributed by atoms with van der Waals surface area (Å²) in [5.41, 5.74) is 2.87. The van der Waals surface area contributed by atoms with E-state index < -0.39 is 0 Å². The van der Waals surface area contributed by atoms with Crippen molar-refractivity contribution in [1.82, 2.24) is 5.32 Å². The summed E-state index contributed by atoms with van der Waals surface area (Å²) in [5.74, 6) is 0.640. The van der Waals surface area contributed by atoms with Gasteiger partial charge < -0.3 is 20.1 Å². The number of carbonyl (C=O) groups excluding carboxylic acids is 1. The summed E-state index contributed by atoms with van der Waals surface area (Å²) < 4.78 is 11.3. The quantitative estimate of drug-likeness (QED) is 0.812. The third-order valence-corrected chi connectivity index (χ3v) is 4.08. The van der Waals surface area contributed by atoms with Gasteiger partial charge in [0.25, 0.3) is 0 Å². The number of halogens is 1. The molecule has 5 nitrogen and oxygen atoms in total. The largest absolute Gasteiger partial charge is 0.487 e. The number of hydrogen-bond acceptors (Lipinski definition) is 4. The maximum atomic E-state index is 12.3. The van der Waals surface area contributed by atoms with Crippen molar-refractivity contribution in [3.63, 3.8) is 0 Å². The maximum Gasteiger partial charge on any atom is 0.226 e. The summed E-state index contributed by atoms with van der Waals surface area (Å²) in [6.07, 6.45) is 0.381. The molecule has 0 saturated carbocycles. The standard InChI is InChI=1S/C20H24N2O3.ClH/c1-15-7-8-18(22-20(23)12-17-14-24-10-9-21-17)19(11-15)25-13-16-5-3-2-4-6-16;/h2-8,11,17,21H,9-10,12-14H2,1H3,(H,22,23);1H. The average Bonchev–Trinajstić information content (AvgIpc) is 2.63. The van der Waals surface area contributed by atoms with Crippen LogP contribution in [0.15, 0.2) is 48.5 Å². The van der Waals surface area contributed by atoms with Gasteiger partial charge in [-0.05, 0) is 30.2 Å². The normalized spacial score (nSPS) is 16.4. The van der Waals surface area contributed by atoms with Crippen LogP contribution in [0.25, 0.3) is 0 Å². The Labute approximate surface area is 160 Å². The smallest absolute Gasteiger partial charge is 0.226 e. The van der Waals surface area contributed by atoms with Gasteiger partial charge in [0.2, 0.25) is 5.91 Å². The average molecular weight is 377 g/mol. The number of amides is 1. The predicted molar refractivity (Wildman–Crippen MR) is 105 cm³/mol. The van der Waals surface area contributed by atoms with Crippen LogP contribution in [0, 0.1) is 6.92 Å². The zero-order valence-corrected chi connectivity index (χ0v) is 15.7. The second-order valence-corrected chi connectivity index (χ2v) is 6.25. The van der Waals surface area contributed by atoms with E-state index in [0.717, 1.165) is 17.7 Å². The van der Waals surface area contributed by atoms with Gasteiger partial charge in [0.15, 0.2) is 0 Å². The third kappa shape index (κ3) is 6.02. The van der Waals surface area contributed by atoms with E-state index in [-0.39, 0.29) is 24.4 Å². The number of morpholine rings is 1. The molecule has 1 amide bonds. The first kappa shape index (κ1) is 20.2. The molecule has 6 heteroatoms. The van der Waals surface area contributed by atoms with Crippen LogP contribution < -0.4 is 15.4 Å². The van der Waals surface area contributed by atoms with E-state index in [2.05, 4.69) is 10.6 Å². The van der Waals surface area contributed by atoms with E-state index >= 15 is 0 Å². The maximum absolute atomic E-state index is 12.3. The molecule has 1 atom stereocenters. The van der Waals surface area contributed by atoms with Crippen LogP contribution in [0.5, 0.6) is 5.75 Å². The van der Waals surface area contributed by atoms with Crippen molar-refractivity contribution in [2.24, 2.45) is 0 Å². The van der Waals surface area contributed by atoms with Crippen LogP contribution in [0.4, 0.5) is 5.69 Å². The Bertz CT molecular complexity index is 703. The Kier molecular flexibility index (Phi) is 7.91. The molecular formula is C20H25ClN2O3. The fraction of sp³-hybridized carbons (Fsp3) is 0.350. The Hall–Kier alpha value is -2.08. The van der Waals surface area contributed by atoms with Gasteiger partial charge in [-0.3, -0.25) is 4.79 Å². The highest BCUT2D eigenvalue weighted by atomic mass is 35.5. The Balaban J connectivity index is 0.00000243. The minimum atomic E-state index is -0.0450. The molecule has 0 aliphatic carbocycles. The summed E-state index contributed by atoms with van der Waals surface area (Å²) in [7, 11) is 0. The van der Waals surface area contributed by atoms with Crippen LogP contribution in [0.2, 0.25) is 0 Å². The number of carbonyl (C=O) groups is 1. The number of rotatable bonds is 6. The summed E-state index contributed by atoms with van der Waals surface area (Å²) in [6, 6.07) is 15.8. The first-order chi connectivity index (χ1) is 12.2. The van der Waals surface area contributed by atoms with Gasteiger partial charge in [0.1, 0.15) is 12.4 Å². The molecule has 0 spiro atoms. The lowest BCUT2D eigenvalue weighted by molar-refractivity contribution is -0.117. The molecule has 1 aliphatic heterocycles. The number of ether oxygens (including phenoxy) is 2. The molecule has 1 saturated heterocycles. The highest BCUT2D eigenvalue weighted by molar-refractivity contribution is 5.92. The minimum Gasteiger partial charge on any atom is -0.487 e. The fourth-order valence-electron chi connectivity index (χ4n) is 2.76. The van der Waals surface area contributed by atoms with Crippen LogP contribution in [0.3, 0.4) is 0 Å². The van der Waals surface area contributed by atoms with E-state index in [4.69, 9.17) is 9.47 Å². The highest BCUT2D eigenvalue weighted by Gasteiger charge is 2.18. The molecule has 0 aromatic heterocycles. The molecule has 2 N–H and O–H groups in total. The summed E-state index contributed by atoms with van der Waals surface area (Å²) in [6.45, 7) is 4.52. The van der Waals surface area contributed by atoms with Crippen molar-refractivity contribution >= 4 is 24.0 Å². The number of benzene rings is 2. The second-order valence-electron chi connectivity index (χ2n) is 6.25. The van der Waals surface area contributed by atoms with E-state index in [9.17, 15) is 4.79 Å². The van der Waals surface area contributed by atoms with Crippen LogP contribution in [0.1, 0.15) is 17.5 Å². The number of hydrogen-bond donors (Lipinski definition) is 2. The first-order valence-electron chi connectivity index (χ1n) is 8.59. The van der Waals surface area contributed by atoms with Crippen molar-refractivity contribution < 1.29 is 14.3 Å². The van der Waals surface area contributed by atoms with E-state index in [1.807, 2.05) is 55.5 Å². The van der Waals surface area contributed by atoms with Gasteiger partial charge in [-0.25, -0.2) is 0 Å². The van der Waals surface area contributed by atoms with E-state index in [1.165, 1.54) is 0 Å². The van der Waals surface area contributed by atoms with Gasteiger partial charge in [-0.2, -0.15) is 0 Å². The zero-order chi connectivity index (χ0) is 17.5. The van der Waals surface area contributed by atoms with Crippen molar-refractivity contribution in [1.29, 1.82) is 0 Å². The lowest BCUT2D eigenvalue weighted by atomic mass is 10.1.